The van der Waals surface area contributed by atoms with Crippen LogP contribution in [0.5, 0.6) is 0 Å². The van der Waals surface area contributed by atoms with Gasteiger partial charge in [0.1, 0.15) is 0 Å². The van der Waals surface area contributed by atoms with Crippen LogP contribution < -0.4 is 5.32 Å². The number of nitro groups is 2. The Kier molecular flexibility index (Phi) is 5.71. The molecule has 2 aromatic carbocycles. The standard InChI is InChI=1S/C18H13BrN4O5S/c1-9-14(7-13(22(25)26)8-15(9)23(27)28)17(24)21-18-20-16(10(2)29-18)11-3-5-12(19)6-4-11/h3-8H,1-2H3,(H,20,21,24). The van der Waals surface area contributed by atoms with Gasteiger partial charge in [0.25, 0.3) is 17.3 Å². The Bertz CT molecular complexity index is 1140. The van der Waals surface area contributed by atoms with Crippen molar-refractivity contribution in [2.45, 2.75) is 13.8 Å². The van der Waals surface area contributed by atoms with Crippen LogP contribution in [-0.4, -0.2) is 20.7 Å². The number of benzene rings is 2. The second kappa shape index (κ2) is 8.05. The molecule has 148 valence electrons. The Hall–Kier alpha value is -3.18. The minimum Gasteiger partial charge on any atom is -0.298 e. The molecule has 29 heavy (non-hydrogen) atoms. The Morgan fingerprint density at radius 1 is 1.10 bits per heavy atom. The molecule has 0 aliphatic heterocycles. The second-order valence-corrected chi connectivity index (χ2v) is 8.16. The van der Waals surface area contributed by atoms with E-state index in [1.54, 1.807) is 0 Å². The van der Waals surface area contributed by atoms with Crippen molar-refractivity contribution in [1.82, 2.24) is 4.98 Å². The van der Waals surface area contributed by atoms with Gasteiger partial charge in [-0.25, -0.2) is 4.98 Å². The van der Waals surface area contributed by atoms with Gasteiger partial charge in [-0.3, -0.25) is 30.3 Å². The van der Waals surface area contributed by atoms with E-state index in [-0.39, 0.29) is 11.1 Å². The van der Waals surface area contributed by atoms with Crippen LogP contribution in [0.1, 0.15) is 20.8 Å². The van der Waals surface area contributed by atoms with Crippen molar-refractivity contribution in [2.75, 3.05) is 5.32 Å². The maximum atomic E-state index is 12.7. The first-order valence-corrected chi connectivity index (χ1v) is 9.76. The van der Waals surface area contributed by atoms with Gasteiger partial charge < -0.3 is 0 Å². The van der Waals surface area contributed by atoms with Crippen molar-refractivity contribution in [3.8, 4) is 11.3 Å². The summed E-state index contributed by atoms with van der Waals surface area (Å²) in [6.07, 6.45) is 0. The normalized spacial score (nSPS) is 10.6. The van der Waals surface area contributed by atoms with Crippen molar-refractivity contribution in [1.29, 1.82) is 0 Å². The fraction of sp³-hybridized carbons (Fsp3) is 0.111. The summed E-state index contributed by atoms with van der Waals surface area (Å²) in [5, 5.41) is 25.2. The third-order valence-corrected chi connectivity index (χ3v) is 5.57. The highest BCUT2D eigenvalue weighted by atomic mass is 79.9. The molecule has 1 amide bonds. The van der Waals surface area contributed by atoms with E-state index in [0.717, 1.165) is 27.0 Å². The molecule has 0 aliphatic rings. The first-order valence-electron chi connectivity index (χ1n) is 8.15. The van der Waals surface area contributed by atoms with Crippen LogP contribution >= 0.6 is 27.3 Å². The highest BCUT2D eigenvalue weighted by Crippen LogP contribution is 2.32. The van der Waals surface area contributed by atoms with E-state index < -0.39 is 27.1 Å². The SMILES string of the molecule is Cc1sc(NC(=O)c2cc([N+](=O)[O-])cc([N+](=O)[O-])c2C)nc1-c1ccc(Br)cc1. The lowest BCUT2D eigenvalue weighted by molar-refractivity contribution is -0.394. The minimum absolute atomic E-state index is 0.0412. The molecule has 1 N–H and O–H groups in total. The van der Waals surface area contributed by atoms with Gasteiger partial charge in [0.05, 0.1) is 27.2 Å². The molecule has 0 radical (unpaired) electrons. The Labute approximate surface area is 176 Å². The Balaban J connectivity index is 1.95. The van der Waals surface area contributed by atoms with Gasteiger partial charge in [0.2, 0.25) is 0 Å². The molecule has 11 heteroatoms. The molecule has 0 atom stereocenters. The van der Waals surface area contributed by atoms with Gasteiger partial charge in [-0.2, -0.15) is 0 Å². The van der Waals surface area contributed by atoms with Gasteiger partial charge in [-0.1, -0.05) is 28.1 Å². The van der Waals surface area contributed by atoms with Gasteiger partial charge in [-0.05, 0) is 26.0 Å². The number of carbonyl (C=O) groups is 1. The molecular formula is C18H13BrN4O5S. The number of aromatic nitrogens is 1. The lowest BCUT2D eigenvalue weighted by atomic mass is 10.0. The quantitative estimate of drug-likeness (QED) is 0.394. The number of carbonyl (C=O) groups excluding carboxylic acids is 1. The maximum Gasteiger partial charge on any atom is 0.279 e. The minimum atomic E-state index is -0.775. The van der Waals surface area contributed by atoms with E-state index >= 15 is 0 Å². The van der Waals surface area contributed by atoms with Crippen LogP contribution in [0.2, 0.25) is 0 Å². The zero-order valence-corrected chi connectivity index (χ0v) is 17.5. The average Bonchev–Trinajstić information content (AvgIpc) is 3.02. The lowest BCUT2D eigenvalue weighted by Crippen LogP contribution is -2.14. The maximum absolute atomic E-state index is 12.7. The summed E-state index contributed by atoms with van der Waals surface area (Å²) < 4.78 is 0.922. The molecule has 1 aromatic heterocycles. The van der Waals surface area contributed by atoms with Gasteiger partial charge in [0.15, 0.2) is 5.13 Å². The molecule has 0 saturated carbocycles. The predicted octanol–water partition coefficient (Wildman–Crippen LogP) is 5.26. The van der Waals surface area contributed by atoms with Gasteiger partial charge in [-0.15, -0.1) is 11.3 Å². The third-order valence-electron chi connectivity index (χ3n) is 4.15. The number of nitro benzene ring substituents is 2. The second-order valence-electron chi connectivity index (χ2n) is 6.04. The zero-order valence-electron chi connectivity index (χ0n) is 15.1. The van der Waals surface area contributed by atoms with Crippen molar-refractivity contribution in [3.05, 3.63) is 77.1 Å². The number of hydrogen-bond donors (Lipinski definition) is 1. The number of aryl methyl sites for hydroxylation is 1. The lowest BCUT2D eigenvalue weighted by Gasteiger charge is -2.06. The number of thiazole rings is 1. The van der Waals surface area contributed by atoms with Crippen LogP contribution in [0, 0.1) is 34.1 Å². The van der Waals surface area contributed by atoms with Crippen molar-refractivity contribution in [2.24, 2.45) is 0 Å². The average molecular weight is 477 g/mol. The summed E-state index contributed by atoms with van der Waals surface area (Å²) in [6, 6.07) is 9.37. The number of non-ortho nitro benzene ring substituents is 1. The van der Waals surface area contributed by atoms with Crippen LogP contribution in [0.3, 0.4) is 0 Å². The largest absolute Gasteiger partial charge is 0.298 e. The van der Waals surface area contributed by atoms with Gasteiger partial charge >= 0.3 is 0 Å². The number of halogens is 1. The fourth-order valence-electron chi connectivity index (χ4n) is 2.70. The van der Waals surface area contributed by atoms with Crippen molar-refractivity contribution in [3.63, 3.8) is 0 Å². The summed E-state index contributed by atoms with van der Waals surface area (Å²) in [6.45, 7) is 3.23. The Morgan fingerprint density at radius 3 is 2.34 bits per heavy atom. The summed E-state index contributed by atoms with van der Waals surface area (Å²) in [4.78, 5) is 38.7. The van der Waals surface area contributed by atoms with E-state index in [1.807, 2.05) is 31.2 Å². The first-order chi connectivity index (χ1) is 13.7. The van der Waals surface area contributed by atoms with Crippen molar-refractivity contribution < 1.29 is 14.6 Å². The van der Waals surface area contributed by atoms with Crippen molar-refractivity contribution >= 4 is 49.7 Å². The molecule has 1 heterocycles. The highest BCUT2D eigenvalue weighted by molar-refractivity contribution is 9.10. The Morgan fingerprint density at radius 2 is 1.76 bits per heavy atom. The van der Waals surface area contributed by atoms with E-state index in [4.69, 9.17) is 0 Å². The topological polar surface area (TPSA) is 128 Å². The number of nitrogens with zero attached hydrogens (tertiary/aromatic N) is 3. The molecule has 0 fully saturated rings. The van der Waals surface area contributed by atoms with Gasteiger partial charge in [0, 0.05) is 26.5 Å². The summed E-state index contributed by atoms with van der Waals surface area (Å²) in [5.74, 6) is -0.703. The van der Waals surface area contributed by atoms with E-state index in [0.29, 0.717) is 10.8 Å². The van der Waals surface area contributed by atoms with Crippen LogP contribution in [0.25, 0.3) is 11.3 Å². The first kappa shape index (κ1) is 20.6. The molecule has 3 rings (SSSR count). The van der Waals surface area contributed by atoms with E-state index in [9.17, 15) is 25.0 Å². The van der Waals surface area contributed by atoms with E-state index in [2.05, 4.69) is 26.2 Å². The molecule has 0 saturated heterocycles. The van der Waals surface area contributed by atoms with Crippen LogP contribution in [0.4, 0.5) is 16.5 Å². The molecule has 0 aliphatic carbocycles. The molecule has 0 bridgehead atoms. The van der Waals surface area contributed by atoms with Crippen LogP contribution in [0.15, 0.2) is 40.9 Å². The number of hydrogen-bond acceptors (Lipinski definition) is 7. The summed E-state index contributed by atoms with van der Waals surface area (Å²) in [5.41, 5.74) is 0.432. The summed E-state index contributed by atoms with van der Waals surface area (Å²) >= 11 is 4.61. The zero-order chi connectivity index (χ0) is 21.3. The number of rotatable bonds is 5. The predicted molar refractivity (Wildman–Crippen MR) is 112 cm³/mol. The van der Waals surface area contributed by atoms with Crippen LogP contribution in [-0.2, 0) is 0 Å². The fourth-order valence-corrected chi connectivity index (χ4v) is 3.80. The monoisotopic (exact) mass is 476 g/mol. The van der Waals surface area contributed by atoms with E-state index in [1.165, 1.54) is 18.3 Å². The smallest absolute Gasteiger partial charge is 0.279 e. The number of amides is 1. The molecule has 3 aromatic rings. The molecule has 0 unspecified atom stereocenters. The third kappa shape index (κ3) is 4.30. The summed E-state index contributed by atoms with van der Waals surface area (Å²) in [7, 11) is 0. The number of nitrogens with one attached hydrogen (secondary N) is 1. The molecule has 0 spiro atoms. The number of anilines is 1. The molecular weight excluding hydrogens is 464 g/mol. The highest BCUT2D eigenvalue weighted by Gasteiger charge is 2.25. The molecule has 9 nitrogen and oxygen atoms in total.